The molecule has 0 aromatic rings. The summed E-state index contributed by atoms with van der Waals surface area (Å²) in [5.74, 6) is 11.8. The third-order valence-electron chi connectivity index (χ3n) is 13.7. The molecule has 14 bridgehead atoms. The Morgan fingerprint density at radius 1 is 0.542 bits per heavy atom. The van der Waals surface area contributed by atoms with Gasteiger partial charge < -0.3 is 0 Å². The van der Waals surface area contributed by atoms with Crippen molar-refractivity contribution < 1.29 is 0 Å². The summed E-state index contributed by atoms with van der Waals surface area (Å²) in [6.45, 7) is 5.67. The van der Waals surface area contributed by atoms with Gasteiger partial charge in [0.25, 0.3) is 0 Å². The van der Waals surface area contributed by atoms with Gasteiger partial charge in [-0.1, -0.05) is 13.8 Å². The van der Waals surface area contributed by atoms with Crippen LogP contribution in [0.3, 0.4) is 0 Å². The van der Waals surface area contributed by atoms with Crippen molar-refractivity contribution in [3.63, 3.8) is 0 Å². The Morgan fingerprint density at radius 3 is 1.21 bits per heavy atom. The molecule has 0 heteroatoms. The van der Waals surface area contributed by atoms with Crippen LogP contribution in [0.25, 0.3) is 0 Å². The predicted molar refractivity (Wildman–Crippen MR) is 92.9 cm³/mol. The molecule has 13 saturated carbocycles. The maximum absolute atomic E-state index is 2.83. The minimum atomic E-state index is 0.794. The van der Waals surface area contributed by atoms with E-state index in [2.05, 4.69) is 13.8 Å². The molecule has 128 valence electrons. The summed E-state index contributed by atoms with van der Waals surface area (Å²) in [6.07, 6.45) is 13.5. The molecule has 0 aliphatic heterocycles. The molecule has 13 fully saturated rings. The van der Waals surface area contributed by atoms with E-state index in [1.807, 2.05) is 0 Å². The molecule has 0 radical (unpaired) electrons. The molecular weight excluding hydrogens is 288 g/mol. The van der Waals surface area contributed by atoms with Crippen LogP contribution in [0.4, 0.5) is 0 Å². The second-order valence-corrected chi connectivity index (χ2v) is 13.4. The smallest absolute Gasteiger partial charge is 0.0221 e. The topological polar surface area (TPSA) is 0 Å². The summed E-state index contributed by atoms with van der Waals surface area (Å²) in [6, 6.07) is 0. The zero-order chi connectivity index (χ0) is 15.4. The lowest BCUT2D eigenvalue weighted by Gasteiger charge is -2.94. The van der Waals surface area contributed by atoms with Crippen molar-refractivity contribution in [2.24, 2.45) is 80.8 Å². The van der Waals surface area contributed by atoms with Crippen LogP contribution in [0.2, 0.25) is 0 Å². The first-order valence-electron chi connectivity index (χ1n) is 11.5. The predicted octanol–water partition coefficient (Wildman–Crippen LogP) is 5.38. The SMILES string of the molecule is CC12CC34CC5CC6C3C3C1CC1CC2C2C4C(C5)C6(C)CC32C1. The molecule has 0 nitrogen and oxygen atoms in total. The molecule has 0 amide bonds. The van der Waals surface area contributed by atoms with Gasteiger partial charge in [-0.05, 0) is 132 Å². The average molecular weight is 321 g/mol. The Bertz CT molecular complexity index is 628. The van der Waals surface area contributed by atoms with Crippen LogP contribution in [0.15, 0.2) is 0 Å². The molecule has 0 aromatic carbocycles. The van der Waals surface area contributed by atoms with Gasteiger partial charge in [0.2, 0.25) is 0 Å². The second kappa shape index (κ2) is 2.90. The fourth-order valence-electron chi connectivity index (χ4n) is 14.5. The van der Waals surface area contributed by atoms with Crippen LogP contribution in [-0.4, -0.2) is 0 Å². The Morgan fingerprint density at radius 2 is 0.875 bits per heavy atom. The lowest BCUT2D eigenvalue weighted by molar-refractivity contribution is -0.466. The van der Waals surface area contributed by atoms with Crippen molar-refractivity contribution in [1.29, 1.82) is 0 Å². The number of hydrogen-bond donors (Lipinski definition) is 0. The van der Waals surface area contributed by atoms with E-state index in [0.717, 1.165) is 33.5 Å². The van der Waals surface area contributed by atoms with E-state index < -0.39 is 0 Å². The van der Waals surface area contributed by atoms with E-state index in [1.54, 1.807) is 51.4 Å². The van der Waals surface area contributed by atoms with E-state index in [1.165, 1.54) is 47.3 Å². The van der Waals surface area contributed by atoms with Crippen molar-refractivity contribution in [3.8, 4) is 0 Å². The molecule has 0 aromatic heterocycles. The summed E-state index contributed by atoms with van der Waals surface area (Å²) >= 11 is 0. The van der Waals surface area contributed by atoms with Crippen molar-refractivity contribution in [1.82, 2.24) is 0 Å². The minimum absolute atomic E-state index is 0.794. The second-order valence-electron chi connectivity index (χ2n) is 13.4. The number of hydrogen-bond acceptors (Lipinski definition) is 0. The minimum Gasteiger partial charge on any atom is -0.0591 e. The van der Waals surface area contributed by atoms with Crippen molar-refractivity contribution >= 4 is 0 Å². The largest absolute Gasteiger partial charge is 0.0591 e. The maximum atomic E-state index is 2.83. The van der Waals surface area contributed by atoms with Gasteiger partial charge in [-0.2, -0.15) is 0 Å². The van der Waals surface area contributed by atoms with Crippen LogP contribution in [-0.2, 0) is 0 Å². The van der Waals surface area contributed by atoms with Gasteiger partial charge >= 0.3 is 0 Å². The fourth-order valence-corrected chi connectivity index (χ4v) is 14.5. The Labute approximate surface area is 146 Å². The molecule has 0 N–H and O–H groups in total. The first kappa shape index (κ1) is 12.4. The van der Waals surface area contributed by atoms with Crippen molar-refractivity contribution in [2.45, 2.75) is 65.2 Å². The van der Waals surface area contributed by atoms with Gasteiger partial charge in [-0.25, -0.2) is 0 Å². The highest BCUT2D eigenvalue weighted by Crippen LogP contribution is 2.96. The summed E-state index contributed by atoms with van der Waals surface area (Å²) in [5, 5.41) is 0. The van der Waals surface area contributed by atoms with E-state index in [9.17, 15) is 0 Å². The normalized spacial score (nSPS) is 85.2. The van der Waals surface area contributed by atoms with Gasteiger partial charge in [0.1, 0.15) is 0 Å². The molecule has 13 aliphatic carbocycles. The maximum Gasteiger partial charge on any atom is -0.0221 e. The summed E-state index contributed by atoms with van der Waals surface area (Å²) < 4.78 is 0. The fraction of sp³-hybridized carbons (Fsp3) is 1.00. The summed E-state index contributed by atoms with van der Waals surface area (Å²) in [4.78, 5) is 0. The quantitative estimate of drug-likeness (QED) is 0.562. The summed E-state index contributed by atoms with van der Waals surface area (Å²) in [5.41, 5.74) is 3.34. The standard InChI is InChI=1S/C24H32/c1-21-9-23-7-12-5-15-19(23)17-13(21)3-11-4-14(21)18-20(23)16(6-12)22(15,2)10-24(17,18)8-11/h11-20H,3-10H2,1-2H3. The average Bonchev–Trinajstić information content (AvgIpc) is 2.53. The zero-order valence-electron chi connectivity index (χ0n) is 15.4. The number of rotatable bonds is 0. The first-order chi connectivity index (χ1) is 11.5. The Kier molecular flexibility index (Phi) is 1.50. The zero-order valence-corrected chi connectivity index (χ0v) is 15.4. The highest BCUT2D eigenvalue weighted by atomic mass is 14.9. The molecule has 24 heavy (non-hydrogen) atoms. The van der Waals surface area contributed by atoms with Crippen LogP contribution in [0, 0.1) is 80.8 Å². The molecule has 8 unspecified atom stereocenters. The molecule has 0 saturated heterocycles. The lowest BCUT2D eigenvalue weighted by Crippen LogP contribution is -2.89. The van der Waals surface area contributed by atoms with Crippen LogP contribution in [0.1, 0.15) is 65.2 Å². The van der Waals surface area contributed by atoms with Crippen LogP contribution < -0.4 is 0 Å². The molecule has 13 rings (SSSR count). The van der Waals surface area contributed by atoms with Crippen LogP contribution in [0.5, 0.6) is 0 Å². The van der Waals surface area contributed by atoms with E-state index in [4.69, 9.17) is 0 Å². The monoisotopic (exact) mass is 320 g/mol. The lowest BCUT2D eigenvalue weighted by atomic mass is 9.10. The molecule has 8 atom stereocenters. The highest BCUT2D eigenvalue weighted by Gasteiger charge is 2.90. The van der Waals surface area contributed by atoms with Crippen molar-refractivity contribution in [2.75, 3.05) is 0 Å². The van der Waals surface area contributed by atoms with Gasteiger partial charge in [0.05, 0.1) is 0 Å². The third kappa shape index (κ3) is 0.802. The highest BCUT2D eigenvalue weighted by molar-refractivity contribution is 5.38. The molecule has 0 heterocycles. The molecular formula is C24H32. The van der Waals surface area contributed by atoms with Gasteiger partial charge in [-0.3, -0.25) is 0 Å². The Hall–Kier alpha value is 0. The molecule has 2 spiro atoms. The van der Waals surface area contributed by atoms with Crippen molar-refractivity contribution in [3.05, 3.63) is 0 Å². The van der Waals surface area contributed by atoms with Gasteiger partial charge in [-0.15, -0.1) is 0 Å². The third-order valence-corrected chi connectivity index (χ3v) is 13.7. The van der Waals surface area contributed by atoms with E-state index >= 15 is 0 Å². The van der Waals surface area contributed by atoms with E-state index in [-0.39, 0.29) is 0 Å². The first-order valence-corrected chi connectivity index (χ1v) is 11.5. The van der Waals surface area contributed by atoms with Gasteiger partial charge in [0.15, 0.2) is 0 Å². The van der Waals surface area contributed by atoms with Gasteiger partial charge in [0, 0.05) is 0 Å². The Balaban J connectivity index is 1.44. The van der Waals surface area contributed by atoms with Crippen LogP contribution >= 0.6 is 0 Å². The summed E-state index contributed by atoms with van der Waals surface area (Å²) in [7, 11) is 0. The van der Waals surface area contributed by atoms with E-state index in [0.29, 0.717) is 0 Å². The molecule has 13 aliphatic rings.